The zero-order valence-corrected chi connectivity index (χ0v) is 12.5. The molecule has 0 aromatic heterocycles. The molecule has 1 saturated heterocycles. The lowest BCUT2D eigenvalue weighted by Gasteiger charge is -2.17. The lowest BCUT2D eigenvalue weighted by molar-refractivity contribution is -0.116. The summed E-state index contributed by atoms with van der Waals surface area (Å²) in [5.41, 5.74) is 6.87. The van der Waals surface area contributed by atoms with Crippen LogP contribution in [0.4, 0.5) is 0 Å². The number of amides is 1. The Hall–Kier alpha value is -1.81. The molecule has 0 radical (unpaired) electrons. The summed E-state index contributed by atoms with van der Waals surface area (Å²) in [6, 6.07) is 7.78. The SMILES string of the molecule is CC(C)COc1ccccc1/C=C1\C(=O)NNC1(C)C. The third kappa shape index (κ3) is 3.20. The molecule has 1 aliphatic rings. The van der Waals surface area contributed by atoms with Crippen LogP contribution in [0.3, 0.4) is 0 Å². The van der Waals surface area contributed by atoms with Crippen LogP contribution in [-0.2, 0) is 4.79 Å². The summed E-state index contributed by atoms with van der Waals surface area (Å²) in [6.45, 7) is 8.81. The van der Waals surface area contributed by atoms with Crippen LogP contribution in [-0.4, -0.2) is 18.1 Å². The van der Waals surface area contributed by atoms with Gasteiger partial charge in [-0.05, 0) is 31.9 Å². The Labute approximate surface area is 120 Å². The number of hydrogen-bond donors (Lipinski definition) is 2. The Kier molecular flexibility index (Phi) is 4.14. The van der Waals surface area contributed by atoms with Crippen molar-refractivity contribution >= 4 is 12.0 Å². The highest BCUT2D eigenvalue weighted by Crippen LogP contribution is 2.27. The van der Waals surface area contributed by atoms with E-state index in [9.17, 15) is 4.79 Å². The van der Waals surface area contributed by atoms with Gasteiger partial charge in [0.15, 0.2) is 0 Å². The summed E-state index contributed by atoms with van der Waals surface area (Å²) in [5.74, 6) is 1.18. The first-order valence-corrected chi connectivity index (χ1v) is 6.91. The largest absolute Gasteiger partial charge is 0.493 e. The maximum atomic E-state index is 11.9. The number of hydrogen-bond acceptors (Lipinski definition) is 3. The third-order valence-electron chi connectivity index (χ3n) is 3.20. The first kappa shape index (κ1) is 14.6. The Bertz CT molecular complexity index is 533. The van der Waals surface area contributed by atoms with E-state index in [1.54, 1.807) is 0 Å². The molecule has 1 heterocycles. The lowest BCUT2D eigenvalue weighted by Crippen LogP contribution is -2.38. The third-order valence-corrected chi connectivity index (χ3v) is 3.20. The van der Waals surface area contributed by atoms with Gasteiger partial charge in [0.1, 0.15) is 5.75 Å². The summed E-state index contributed by atoms with van der Waals surface area (Å²) in [7, 11) is 0. The van der Waals surface area contributed by atoms with Gasteiger partial charge >= 0.3 is 0 Å². The molecule has 1 aliphatic heterocycles. The van der Waals surface area contributed by atoms with E-state index in [-0.39, 0.29) is 11.4 Å². The highest BCUT2D eigenvalue weighted by molar-refractivity contribution is 6.02. The Morgan fingerprint density at radius 2 is 2.00 bits per heavy atom. The average molecular weight is 274 g/mol. The van der Waals surface area contributed by atoms with Crippen molar-refractivity contribution in [2.75, 3.05) is 6.61 Å². The zero-order valence-electron chi connectivity index (χ0n) is 12.5. The molecule has 0 saturated carbocycles. The fourth-order valence-corrected chi connectivity index (χ4v) is 2.02. The lowest BCUT2D eigenvalue weighted by atomic mass is 9.94. The second-order valence-electron chi connectivity index (χ2n) is 6.00. The van der Waals surface area contributed by atoms with Crippen LogP contribution in [0.2, 0.25) is 0 Å². The predicted molar refractivity (Wildman–Crippen MR) is 80.1 cm³/mol. The second kappa shape index (κ2) is 5.67. The summed E-state index contributed by atoms with van der Waals surface area (Å²) >= 11 is 0. The molecule has 0 unspecified atom stereocenters. The van der Waals surface area contributed by atoms with Crippen molar-refractivity contribution in [2.45, 2.75) is 33.2 Å². The van der Waals surface area contributed by atoms with Crippen LogP contribution in [0.5, 0.6) is 5.75 Å². The van der Waals surface area contributed by atoms with E-state index in [2.05, 4.69) is 24.7 Å². The van der Waals surface area contributed by atoms with Gasteiger partial charge < -0.3 is 4.74 Å². The molecule has 0 spiro atoms. The van der Waals surface area contributed by atoms with Crippen LogP contribution >= 0.6 is 0 Å². The molecule has 0 aliphatic carbocycles. The smallest absolute Gasteiger partial charge is 0.263 e. The number of benzene rings is 1. The van der Waals surface area contributed by atoms with Gasteiger partial charge in [0.05, 0.1) is 12.1 Å². The topological polar surface area (TPSA) is 50.4 Å². The van der Waals surface area contributed by atoms with E-state index in [4.69, 9.17) is 4.74 Å². The minimum atomic E-state index is -0.387. The molecule has 0 atom stereocenters. The van der Waals surface area contributed by atoms with Crippen molar-refractivity contribution in [2.24, 2.45) is 5.92 Å². The molecule has 2 N–H and O–H groups in total. The van der Waals surface area contributed by atoms with Gasteiger partial charge in [0.2, 0.25) is 0 Å². The molecule has 1 aromatic rings. The fourth-order valence-electron chi connectivity index (χ4n) is 2.02. The number of hydrazine groups is 1. The highest BCUT2D eigenvalue weighted by Gasteiger charge is 2.35. The van der Waals surface area contributed by atoms with Gasteiger partial charge in [-0.25, -0.2) is 5.43 Å². The van der Waals surface area contributed by atoms with E-state index in [0.717, 1.165) is 11.3 Å². The van der Waals surface area contributed by atoms with E-state index in [0.29, 0.717) is 18.1 Å². The van der Waals surface area contributed by atoms with E-state index in [1.807, 2.05) is 44.2 Å². The Balaban J connectivity index is 2.31. The number of carbonyl (C=O) groups is 1. The van der Waals surface area contributed by atoms with Gasteiger partial charge in [-0.3, -0.25) is 10.2 Å². The van der Waals surface area contributed by atoms with E-state index >= 15 is 0 Å². The van der Waals surface area contributed by atoms with Crippen LogP contribution in [0.1, 0.15) is 33.3 Å². The molecule has 1 aromatic carbocycles. The average Bonchev–Trinajstić information content (AvgIpc) is 2.64. The van der Waals surface area contributed by atoms with Crippen LogP contribution < -0.4 is 15.6 Å². The van der Waals surface area contributed by atoms with Crippen molar-refractivity contribution in [1.82, 2.24) is 10.9 Å². The summed E-state index contributed by atoms with van der Waals surface area (Å²) in [4.78, 5) is 11.9. The molecule has 1 fully saturated rings. The normalized spacial score (nSPS) is 19.4. The van der Waals surface area contributed by atoms with Crippen molar-refractivity contribution in [3.05, 3.63) is 35.4 Å². The molecule has 0 bridgehead atoms. The van der Waals surface area contributed by atoms with Crippen LogP contribution in [0.15, 0.2) is 29.8 Å². The number of para-hydroxylation sites is 1. The minimum Gasteiger partial charge on any atom is -0.493 e. The number of nitrogens with one attached hydrogen (secondary N) is 2. The molecule has 4 nitrogen and oxygen atoms in total. The van der Waals surface area contributed by atoms with E-state index in [1.165, 1.54) is 0 Å². The summed E-state index contributed by atoms with van der Waals surface area (Å²) in [6.07, 6.45) is 1.89. The van der Waals surface area contributed by atoms with Crippen molar-refractivity contribution in [3.63, 3.8) is 0 Å². The van der Waals surface area contributed by atoms with Gasteiger partial charge in [-0.15, -0.1) is 0 Å². The predicted octanol–water partition coefficient (Wildman–Crippen LogP) is 2.52. The molecule has 108 valence electrons. The fraction of sp³-hybridized carbons (Fsp3) is 0.438. The summed E-state index contributed by atoms with van der Waals surface area (Å²) < 4.78 is 5.82. The second-order valence-corrected chi connectivity index (χ2v) is 6.00. The van der Waals surface area contributed by atoms with Gasteiger partial charge in [0.25, 0.3) is 5.91 Å². The molecular weight excluding hydrogens is 252 g/mol. The maximum absolute atomic E-state index is 11.9. The molecular formula is C16H22N2O2. The number of carbonyl (C=O) groups excluding carboxylic acids is 1. The van der Waals surface area contributed by atoms with Crippen molar-refractivity contribution < 1.29 is 9.53 Å². The molecule has 4 heteroatoms. The first-order valence-electron chi connectivity index (χ1n) is 6.91. The number of rotatable bonds is 4. The summed E-state index contributed by atoms with van der Waals surface area (Å²) in [5, 5.41) is 0. The Morgan fingerprint density at radius 1 is 1.30 bits per heavy atom. The standard InChI is InChI=1S/C16H22N2O2/c1-11(2)10-20-14-8-6-5-7-12(14)9-13-15(19)17-18-16(13,3)4/h5-9,11,18H,10H2,1-4H3,(H,17,19)/b13-9+. The Morgan fingerprint density at radius 3 is 2.60 bits per heavy atom. The van der Waals surface area contributed by atoms with Crippen molar-refractivity contribution in [3.8, 4) is 5.75 Å². The van der Waals surface area contributed by atoms with Crippen LogP contribution in [0, 0.1) is 5.92 Å². The van der Waals surface area contributed by atoms with E-state index < -0.39 is 0 Å². The van der Waals surface area contributed by atoms with Crippen molar-refractivity contribution in [1.29, 1.82) is 0 Å². The molecule has 20 heavy (non-hydrogen) atoms. The highest BCUT2D eigenvalue weighted by atomic mass is 16.5. The first-order chi connectivity index (χ1) is 9.40. The monoisotopic (exact) mass is 274 g/mol. The minimum absolute atomic E-state index is 0.0892. The van der Waals surface area contributed by atoms with Gasteiger partial charge in [0, 0.05) is 11.1 Å². The van der Waals surface area contributed by atoms with Crippen LogP contribution in [0.25, 0.3) is 6.08 Å². The van der Waals surface area contributed by atoms with Gasteiger partial charge in [-0.1, -0.05) is 32.0 Å². The quantitative estimate of drug-likeness (QED) is 0.830. The molecule has 2 rings (SSSR count). The molecule has 1 amide bonds. The maximum Gasteiger partial charge on any atom is 0.263 e. The zero-order chi connectivity index (χ0) is 14.8. The van der Waals surface area contributed by atoms with Gasteiger partial charge in [-0.2, -0.15) is 0 Å². The number of ether oxygens (including phenoxy) is 1.